The number of phenolic OH excluding ortho intramolecular Hbond substituents is 1. The van der Waals surface area contributed by atoms with Crippen LogP contribution in [0.2, 0.25) is 0 Å². The number of nitrogens with two attached hydrogens (primary N) is 1. The number of hydrogen-bond acceptors (Lipinski definition) is 11. The number of thioether (sulfide) groups is 1. The summed E-state index contributed by atoms with van der Waals surface area (Å²) in [6.07, 6.45) is -0.792. The Hall–Kier alpha value is -3.72. The smallest absolute Gasteiger partial charge is 0.437 e. The molecule has 2 fully saturated rings. The van der Waals surface area contributed by atoms with Crippen LogP contribution in [0.15, 0.2) is 24.3 Å². The molecule has 4 rings (SSSR count). The van der Waals surface area contributed by atoms with Crippen molar-refractivity contribution in [1.82, 2.24) is 35.7 Å². The molecule has 1 aromatic carbocycles. The van der Waals surface area contributed by atoms with Crippen LogP contribution >= 0.6 is 11.8 Å². The van der Waals surface area contributed by atoms with E-state index in [0.717, 1.165) is 4.68 Å². The molecule has 4 atom stereocenters. The van der Waals surface area contributed by atoms with Crippen LogP contribution < -0.4 is 16.4 Å². The molecule has 5 N–H and O–H groups in total. The number of benzene rings is 1. The van der Waals surface area contributed by atoms with E-state index in [-0.39, 0.29) is 24.0 Å². The summed E-state index contributed by atoms with van der Waals surface area (Å²) in [5, 5.41) is 25.5. The predicted molar refractivity (Wildman–Crippen MR) is 121 cm³/mol. The van der Waals surface area contributed by atoms with Gasteiger partial charge in [-0.2, -0.15) is 0 Å². The molecule has 0 bridgehead atoms. The molecule has 0 radical (unpaired) electrons. The van der Waals surface area contributed by atoms with Crippen molar-refractivity contribution in [2.75, 3.05) is 13.7 Å². The van der Waals surface area contributed by atoms with Crippen LogP contribution in [0.25, 0.3) is 0 Å². The molecule has 3 heterocycles. The van der Waals surface area contributed by atoms with Gasteiger partial charge in [-0.15, -0.1) is 21.5 Å². The van der Waals surface area contributed by atoms with Crippen LogP contribution in [0, 0.1) is 0 Å². The van der Waals surface area contributed by atoms with Gasteiger partial charge in [-0.05, 0) is 42.0 Å². The number of ether oxygens (including phenoxy) is 1. The van der Waals surface area contributed by atoms with Crippen molar-refractivity contribution in [3.63, 3.8) is 0 Å². The van der Waals surface area contributed by atoms with E-state index in [4.69, 9.17) is 10.5 Å². The number of rotatable bonds is 6. The fourth-order valence-electron chi connectivity index (χ4n) is 4.17. The summed E-state index contributed by atoms with van der Waals surface area (Å²) in [6.45, 7) is 3.43. The van der Waals surface area contributed by atoms with Crippen molar-refractivity contribution in [2.45, 2.75) is 42.1 Å². The minimum atomic E-state index is -1.13. The second-order valence-electron chi connectivity index (χ2n) is 8.46. The Balaban J connectivity index is 1.56. The highest BCUT2D eigenvalue weighted by Gasteiger charge is 2.64. The minimum absolute atomic E-state index is 0.00667. The zero-order valence-electron chi connectivity index (χ0n) is 19.0. The number of amides is 3. The van der Waals surface area contributed by atoms with Gasteiger partial charge in [0.25, 0.3) is 0 Å². The highest BCUT2D eigenvalue weighted by molar-refractivity contribution is 8.01. The van der Waals surface area contributed by atoms with Crippen molar-refractivity contribution in [3.05, 3.63) is 35.7 Å². The van der Waals surface area contributed by atoms with Crippen molar-refractivity contribution in [3.8, 4) is 5.75 Å². The van der Waals surface area contributed by atoms with Crippen LogP contribution in [0.3, 0.4) is 0 Å². The molecule has 2 saturated heterocycles. The lowest BCUT2D eigenvalue weighted by molar-refractivity contribution is -0.152. The van der Waals surface area contributed by atoms with E-state index < -0.39 is 46.2 Å². The third-order valence-electron chi connectivity index (χ3n) is 5.80. The van der Waals surface area contributed by atoms with Crippen LogP contribution in [0.5, 0.6) is 5.75 Å². The second kappa shape index (κ2) is 9.14. The Morgan fingerprint density at radius 2 is 1.97 bits per heavy atom. The van der Waals surface area contributed by atoms with E-state index in [1.165, 1.54) is 48.0 Å². The predicted octanol–water partition coefficient (Wildman–Crippen LogP) is -0.971. The van der Waals surface area contributed by atoms with Gasteiger partial charge in [-0.25, -0.2) is 4.79 Å². The Morgan fingerprint density at radius 3 is 2.60 bits per heavy atom. The first-order valence-corrected chi connectivity index (χ1v) is 11.4. The third-order valence-corrected chi connectivity index (χ3v) is 7.38. The fraction of sp³-hybridized carbons (Fsp3) is 0.450. The molecular weight excluding hydrogens is 480 g/mol. The molecule has 14 nitrogen and oxygen atoms in total. The fourth-order valence-corrected chi connectivity index (χ4v) is 5.80. The molecule has 0 aliphatic carbocycles. The first-order valence-electron chi connectivity index (χ1n) is 10.5. The molecule has 3 amide bonds. The van der Waals surface area contributed by atoms with Gasteiger partial charge in [-0.1, -0.05) is 12.1 Å². The summed E-state index contributed by atoms with van der Waals surface area (Å²) < 4.78 is 5.01. The number of methoxy groups -OCH3 is 1. The largest absolute Gasteiger partial charge is 0.508 e. The summed E-state index contributed by atoms with van der Waals surface area (Å²) in [6, 6.07) is 3.07. The summed E-state index contributed by atoms with van der Waals surface area (Å²) >= 11 is 1.42. The van der Waals surface area contributed by atoms with Crippen LogP contribution in [0.1, 0.15) is 37.3 Å². The van der Waals surface area contributed by atoms with Gasteiger partial charge in [0.2, 0.25) is 17.7 Å². The van der Waals surface area contributed by atoms with Crippen LogP contribution in [0.4, 0.5) is 4.79 Å². The first kappa shape index (κ1) is 24.4. The molecule has 35 heavy (non-hydrogen) atoms. The number of fused-ring (bicyclic) bond motifs is 1. The first-order chi connectivity index (χ1) is 16.6. The van der Waals surface area contributed by atoms with Crippen molar-refractivity contribution >= 4 is 35.6 Å². The van der Waals surface area contributed by atoms with Gasteiger partial charge >= 0.3 is 6.09 Å². The van der Waals surface area contributed by atoms with E-state index in [1.54, 1.807) is 0 Å². The van der Waals surface area contributed by atoms with Crippen molar-refractivity contribution in [1.29, 1.82) is 0 Å². The molecule has 2 aromatic rings. The molecule has 2 aliphatic rings. The number of nitrogens with one attached hydrogen (secondary N) is 2. The SMILES string of the molecule is COC(=O)n1nnnc1C1N2C(=O)C(NC(=O)C(NC(=O)CN)c3ccc(O)cc3)[C@@H]2SC1(C)C. The van der Waals surface area contributed by atoms with Crippen molar-refractivity contribution in [2.24, 2.45) is 5.73 Å². The number of aromatic hydroxyl groups is 1. The maximum atomic E-state index is 13.2. The number of nitrogens with zero attached hydrogens (tertiary/aromatic N) is 5. The Kier molecular flexibility index (Phi) is 6.38. The summed E-state index contributed by atoms with van der Waals surface area (Å²) in [4.78, 5) is 51.9. The molecule has 186 valence electrons. The molecular formula is C20H24N8O6S. The van der Waals surface area contributed by atoms with E-state index in [0.29, 0.717) is 5.56 Å². The molecule has 1 aromatic heterocycles. The number of tetrazole rings is 1. The van der Waals surface area contributed by atoms with Gasteiger partial charge < -0.3 is 31.1 Å². The number of aromatic nitrogens is 4. The average molecular weight is 505 g/mol. The normalized spacial score (nSPS) is 23.1. The molecule has 0 spiro atoms. The standard InChI is InChI=1S/C20H24N8O6S/c1-20(2)14(15-24-25-26-28(15)19(33)34-3)27-17(32)13(18(27)35-20)23-16(31)12(22-11(30)8-21)9-4-6-10(29)7-5-9/h4-7,12-14,18,29H,8,21H2,1-3H3,(H,22,30)(H,23,31)/t12?,13?,14?,18-/m0/s1. The van der Waals surface area contributed by atoms with Gasteiger partial charge in [0, 0.05) is 4.75 Å². The topological polar surface area (TPSA) is 195 Å². The lowest BCUT2D eigenvalue weighted by Crippen LogP contribution is -2.68. The highest BCUT2D eigenvalue weighted by Crippen LogP contribution is 2.56. The summed E-state index contributed by atoms with van der Waals surface area (Å²) in [7, 11) is 1.19. The van der Waals surface area contributed by atoms with E-state index >= 15 is 0 Å². The van der Waals surface area contributed by atoms with Crippen LogP contribution in [-0.2, 0) is 19.1 Å². The Bertz CT molecular complexity index is 1170. The number of carbonyl (C=O) groups excluding carboxylic acids is 4. The lowest BCUT2D eigenvalue weighted by atomic mass is 9.95. The molecule has 15 heteroatoms. The summed E-state index contributed by atoms with van der Waals surface area (Å²) in [5.74, 6) is -1.43. The number of hydrogen-bond donors (Lipinski definition) is 4. The number of β-lactam (4-membered cyclic amide) rings is 1. The maximum Gasteiger partial charge on any atom is 0.437 e. The monoisotopic (exact) mass is 504 g/mol. The third kappa shape index (κ3) is 4.27. The maximum absolute atomic E-state index is 13.2. The zero-order valence-corrected chi connectivity index (χ0v) is 19.9. The Labute approximate surface area is 203 Å². The lowest BCUT2D eigenvalue weighted by Gasteiger charge is -2.44. The van der Waals surface area contributed by atoms with Crippen LogP contribution in [-0.4, -0.2) is 83.8 Å². The minimum Gasteiger partial charge on any atom is -0.508 e. The quantitative estimate of drug-likeness (QED) is 0.279. The average Bonchev–Trinajstić information content (AvgIpc) is 3.40. The number of phenols is 1. The zero-order chi connectivity index (χ0) is 25.5. The highest BCUT2D eigenvalue weighted by atomic mass is 32.2. The van der Waals surface area contributed by atoms with E-state index in [9.17, 15) is 24.3 Å². The van der Waals surface area contributed by atoms with Gasteiger partial charge in [0.05, 0.1) is 13.7 Å². The Morgan fingerprint density at radius 1 is 1.29 bits per heavy atom. The second-order valence-corrected chi connectivity index (χ2v) is 10.2. The number of carbonyl (C=O) groups is 4. The van der Waals surface area contributed by atoms with E-state index in [1.807, 2.05) is 13.8 Å². The van der Waals surface area contributed by atoms with Gasteiger partial charge in [0.15, 0.2) is 5.82 Å². The van der Waals surface area contributed by atoms with Crippen molar-refractivity contribution < 1.29 is 29.0 Å². The van der Waals surface area contributed by atoms with Gasteiger partial charge in [0.1, 0.15) is 29.2 Å². The molecule has 0 saturated carbocycles. The molecule has 2 aliphatic heterocycles. The summed E-state index contributed by atoms with van der Waals surface area (Å²) in [5.41, 5.74) is 5.79. The molecule has 3 unspecified atom stereocenters. The van der Waals surface area contributed by atoms with Gasteiger partial charge in [-0.3, -0.25) is 14.4 Å². The van der Waals surface area contributed by atoms with E-state index in [2.05, 4.69) is 26.2 Å².